The predicted octanol–water partition coefficient (Wildman–Crippen LogP) is 3.77. The van der Waals surface area contributed by atoms with Crippen molar-refractivity contribution in [3.63, 3.8) is 0 Å². The van der Waals surface area contributed by atoms with Gasteiger partial charge >= 0.3 is 5.97 Å². The number of thiazole rings is 1. The van der Waals surface area contributed by atoms with Gasteiger partial charge in [0.2, 0.25) is 0 Å². The summed E-state index contributed by atoms with van der Waals surface area (Å²) in [6.07, 6.45) is 0.163. The minimum atomic E-state index is -1.17. The third kappa shape index (κ3) is 3.53. The molecule has 1 heterocycles. The van der Waals surface area contributed by atoms with Gasteiger partial charge in [-0.15, -0.1) is 0 Å². The fraction of sp³-hybridized carbons (Fsp3) is 0.211. The molecular weight excluding hydrogens is 390 g/mol. The van der Waals surface area contributed by atoms with E-state index in [-0.39, 0.29) is 27.0 Å². The Balaban J connectivity index is 2.28. The number of halogens is 2. The zero-order valence-electron chi connectivity index (χ0n) is 15.0. The number of hydrogen-bond acceptors (Lipinski definition) is 4. The Hall–Kier alpha value is -3.07. The van der Waals surface area contributed by atoms with Crippen molar-refractivity contribution in [1.82, 2.24) is 4.57 Å². The number of aliphatic carboxylic acids is 1. The van der Waals surface area contributed by atoms with Gasteiger partial charge in [-0.1, -0.05) is 30.4 Å². The molecule has 1 N–H and O–H groups in total. The lowest BCUT2D eigenvalue weighted by molar-refractivity contribution is -0.140. The molecule has 28 heavy (non-hydrogen) atoms. The maximum absolute atomic E-state index is 13.8. The number of amides is 1. The van der Waals surface area contributed by atoms with Gasteiger partial charge in [0.25, 0.3) is 5.91 Å². The zero-order valence-corrected chi connectivity index (χ0v) is 15.8. The van der Waals surface area contributed by atoms with Crippen molar-refractivity contribution in [3.8, 4) is 5.75 Å². The summed E-state index contributed by atoms with van der Waals surface area (Å²) < 4.78 is 34.1. The van der Waals surface area contributed by atoms with Gasteiger partial charge < -0.3 is 14.4 Å². The van der Waals surface area contributed by atoms with Crippen molar-refractivity contribution in [3.05, 3.63) is 58.4 Å². The number of carboxylic acid groups (broad SMARTS) is 1. The number of carbonyl (C=O) groups excluding carboxylic acids is 1. The van der Waals surface area contributed by atoms with E-state index in [1.807, 2.05) is 0 Å². The van der Waals surface area contributed by atoms with Gasteiger partial charge in [0.1, 0.15) is 11.8 Å². The number of hydrogen-bond donors (Lipinski definition) is 1. The maximum atomic E-state index is 13.8. The van der Waals surface area contributed by atoms with Crippen molar-refractivity contribution in [2.75, 3.05) is 7.11 Å². The van der Waals surface area contributed by atoms with E-state index in [0.29, 0.717) is 5.75 Å². The standard InChI is InChI=1S/C19H16F2N2O4S/c1-3-13(18(25)26)23-14-8-11(20)12(21)9-16(14)28-19(23)22-17(24)10-6-4-5-7-15(10)27-2/h4-9,13H,3H2,1-2H3,(H,25,26)/b22-19-. The van der Waals surface area contributed by atoms with E-state index in [0.717, 1.165) is 23.5 Å². The molecule has 1 atom stereocenters. The topological polar surface area (TPSA) is 80.9 Å². The van der Waals surface area contributed by atoms with E-state index in [1.165, 1.54) is 17.7 Å². The number of carbonyl (C=O) groups is 2. The summed E-state index contributed by atoms with van der Waals surface area (Å²) in [6.45, 7) is 1.64. The fourth-order valence-electron chi connectivity index (χ4n) is 2.85. The number of carboxylic acids is 1. The number of benzene rings is 2. The normalized spacial score (nSPS) is 12.9. The van der Waals surface area contributed by atoms with Crippen LogP contribution in [0.3, 0.4) is 0 Å². The molecule has 0 spiro atoms. The summed E-state index contributed by atoms with van der Waals surface area (Å²) in [4.78, 5) is 28.5. The Morgan fingerprint density at radius 2 is 1.93 bits per heavy atom. The Labute approximate surface area is 162 Å². The first-order valence-electron chi connectivity index (χ1n) is 8.32. The van der Waals surface area contributed by atoms with E-state index in [4.69, 9.17) is 4.74 Å². The summed E-state index contributed by atoms with van der Waals surface area (Å²) in [6, 6.07) is 7.24. The molecular formula is C19H16F2N2O4S. The van der Waals surface area contributed by atoms with Crippen LogP contribution in [0.1, 0.15) is 29.7 Å². The van der Waals surface area contributed by atoms with Gasteiger partial charge in [-0.25, -0.2) is 13.6 Å². The molecule has 1 amide bonds. The third-order valence-electron chi connectivity index (χ3n) is 4.19. The largest absolute Gasteiger partial charge is 0.496 e. The van der Waals surface area contributed by atoms with Gasteiger partial charge in [0.05, 0.1) is 22.9 Å². The number of ether oxygens (including phenoxy) is 1. The van der Waals surface area contributed by atoms with Crippen LogP contribution in [-0.2, 0) is 4.79 Å². The minimum Gasteiger partial charge on any atom is -0.496 e. The van der Waals surface area contributed by atoms with E-state index in [2.05, 4.69) is 4.99 Å². The molecule has 6 nitrogen and oxygen atoms in total. The van der Waals surface area contributed by atoms with Crippen molar-refractivity contribution in [2.45, 2.75) is 19.4 Å². The first-order chi connectivity index (χ1) is 13.4. The maximum Gasteiger partial charge on any atom is 0.326 e. The van der Waals surface area contributed by atoms with Gasteiger partial charge in [0, 0.05) is 6.07 Å². The summed E-state index contributed by atoms with van der Waals surface area (Å²) in [5.41, 5.74) is 0.347. The molecule has 0 radical (unpaired) electrons. The van der Waals surface area contributed by atoms with E-state index in [1.54, 1.807) is 25.1 Å². The highest BCUT2D eigenvalue weighted by Gasteiger charge is 2.23. The highest BCUT2D eigenvalue weighted by Crippen LogP contribution is 2.26. The Bertz CT molecular complexity index is 1140. The molecule has 2 aromatic carbocycles. The Morgan fingerprint density at radius 3 is 2.57 bits per heavy atom. The molecule has 1 unspecified atom stereocenters. The molecule has 146 valence electrons. The average molecular weight is 406 g/mol. The van der Waals surface area contributed by atoms with Crippen molar-refractivity contribution >= 4 is 33.4 Å². The van der Waals surface area contributed by atoms with Crippen LogP contribution in [0, 0.1) is 11.6 Å². The van der Waals surface area contributed by atoms with Crippen LogP contribution in [0.25, 0.3) is 10.2 Å². The molecule has 1 aromatic heterocycles. The molecule has 0 fully saturated rings. The lowest BCUT2D eigenvalue weighted by atomic mass is 10.2. The molecule has 0 aliphatic heterocycles. The lowest BCUT2D eigenvalue weighted by Gasteiger charge is -2.13. The van der Waals surface area contributed by atoms with Crippen LogP contribution in [0.15, 0.2) is 41.4 Å². The number of methoxy groups -OCH3 is 1. The van der Waals surface area contributed by atoms with E-state index in [9.17, 15) is 23.5 Å². The Kier molecular flexibility index (Phi) is 5.55. The van der Waals surface area contributed by atoms with Crippen LogP contribution in [0.5, 0.6) is 5.75 Å². The number of fused-ring (bicyclic) bond motifs is 1. The van der Waals surface area contributed by atoms with Crippen LogP contribution >= 0.6 is 11.3 Å². The van der Waals surface area contributed by atoms with Crippen LogP contribution in [0.2, 0.25) is 0 Å². The number of para-hydroxylation sites is 1. The third-order valence-corrected chi connectivity index (χ3v) is 5.20. The second-order valence-corrected chi connectivity index (χ2v) is 6.88. The summed E-state index contributed by atoms with van der Waals surface area (Å²) in [5.74, 6) is -3.68. The summed E-state index contributed by atoms with van der Waals surface area (Å²) >= 11 is 0.909. The highest BCUT2D eigenvalue weighted by atomic mass is 32.1. The quantitative estimate of drug-likeness (QED) is 0.700. The highest BCUT2D eigenvalue weighted by molar-refractivity contribution is 7.16. The van der Waals surface area contributed by atoms with Crippen LogP contribution in [0.4, 0.5) is 8.78 Å². The molecule has 0 aliphatic rings. The molecule has 3 rings (SSSR count). The predicted molar refractivity (Wildman–Crippen MR) is 99.6 cm³/mol. The van der Waals surface area contributed by atoms with Gasteiger partial charge in [-0.2, -0.15) is 4.99 Å². The molecule has 0 saturated heterocycles. The molecule has 0 aliphatic carbocycles. The van der Waals surface area contributed by atoms with Gasteiger partial charge in [0.15, 0.2) is 16.4 Å². The molecule has 9 heteroatoms. The van der Waals surface area contributed by atoms with Crippen LogP contribution < -0.4 is 9.54 Å². The number of nitrogens with zero attached hydrogens (tertiary/aromatic N) is 2. The van der Waals surface area contributed by atoms with Crippen molar-refractivity contribution in [1.29, 1.82) is 0 Å². The SMILES string of the molecule is CCC(C(=O)O)n1/c(=N/C(=O)c2ccccc2OC)sc2cc(F)c(F)cc21. The van der Waals surface area contributed by atoms with Gasteiger partial charge in [-0.3, -0.25) is 4.79 Å². The molecule has 3 aromatic rings. The second-order valence-electron chi connectivity index (χ2n) is 5.87. The van der Waals surface area contributed by atoms with Crippen LogP contribution in [-0.4, -0.2) is 28.7 Å². The summed E-state index contributed by atoms with van der Waals surface area (Å²) in [7, 11) is 1.41. The van der Waals surface area contributed by atoms with E-state index < -0.39 is 29.6 Å². The Morgan fingerprint density at radius 1 is 1.25 bits per heavy atom. The lowest BCUT2D eigenvalue weighted by Crippen LogP contribution is -2.27. The summed E-state index contributed by atoms with van der Waals surface area (Å²) in [5, 5.41) is 9.56. The van der Waals surface area contributed by atoms with Crippen molar-refractivity contribution < 1.29 is 28.2 Å². The molecule has 0 bridgehead atoms. The monoisotopic (exact) mass is 406 g/mol. The minimum absolute atomic E-state index is 0.0326. The van der Waals surface area contributed by atoms with E-state index >= 15 is 0 Å². The average Bonchev–Trinajstić information content (AvgIpc) is 2.99. The first kappa shape index (κ1) is 19.7. The molecule has 0 saturated carbocycles. The first-order valence-corrected chi connectivity index (χ1v) is 9.14. The zero-order chi connectivity index (χ0) is 20.4. The fourth-order valence-corrected chi connectivity index (χ4v) is 3.93. The van der Waals surface area contributed by atoms with Gasteiger partial charge in [-0.05, 0) is 24.6 Å². The smallest absolute Gasteiger partial charge is 0.326 e. The second kappa shape index (κ2) is 7.89. The number of rotatable bonds is 5. The number of aromatic nitrogens is 1. The van der Waals surface area contributed by atoms with Crippen molar-refractivity contribution in [2.24, 2.45) is 4.99 Å².